The van der Waals surface area contributed by atoms with E-state index in [1.54, 1.807) is 22.7 Å². The number of hydrogen-bond acceptors (Lipinski definition) is 8. The zero-order chi connectivity index (χ0) is 21.2. The van der Waals surface area contributed by atoms with Gasteiger partial charge in [-0.2, -0.15) is 0 Å². The molecule has 2 saturated heterocycles. The number of morpholine rings is 1. The first-order valence-corrected chi connectivity index (χ1v) is 12.2. The van der Waals surface area contributed by atoms with Crippen molar-refractivity contribution in [1.29, 1.82) is 0 Å². The quantitative estimate of drug-likeness (QED) is 0.547. The van der Waals surface area contributed by atoms with Crippen LogP contribution in [0.4, 0.5) is 10.8 Å². The van der Waals surface area contributed by atoms with Crippen LogP contribution < -0.4 is 21.1 Å². The van der Waals surface area contributed by atoms with E-state index in [1.807, 2.05) is 30.3 Å². The topological polar surface area (TPSA) is 78.5 Å². The Kier molecular flexibility index (Phi) is 6.02. The molecule has 9 heteroatoms. The average Bonchev–Trinajstić information content (AvgIpc) is 3.56. The van der Waals surface area contributed by atoms with Gasteiger partial charge in [-0.05, 0) is 23.6 Å². The Hall–Kier alpha value is -2.30. The molecule has 31 heavy (non-hydrogen) atoms. The van der Waals surface area contributed by atoms with E-state index in [2.05, 4.69) is 44.8 Å². The fourth-order valence-electron chi connectivity index (χ4n) is 3.98. The van der Waals surface area contributed by atoms with Crippen LogP contribution in [0.2, 0.25) is 0 Å². The highest BCUT2D eigenvalue weighted by molar-refractivity contribution is 7.14. The van der Waals surface area contributed by atoms with Crippen molar-refractivity contribution in [2.24, 2.45) is 5.92 Å². The van der Waals surface area contributed by atoms with E-state index >= 15 is 0 Å². The van der Waals surface area contributed by atoms with Gasteiger partial charge in [-0.25, -0.2) is 15.8 Å². The summed E-state index contributed by atoms with van der Waals surface area (Å²) in [6.07, 6.45) is 0. The number of benzene rings is 1. The van der Waals surface area contributed by atoms with Crippen molar-refractivity contribution < 1.29 is 9.53 Å². The fraction of sp³-hybridized carbons (Fsp3) is 0.364. The molecule has 2 aliphatic heterocycles. The fourth-order valence-corrected chi connectivity index (χ4v) is 5.76. The number of carbonyl (C=O) groups is 1. The minimum atomic E-state index is -0.290. The van der Waals surface area contributed by atoms with Gasteiger partial charge in [0, 0.05) is 40.5 Å². The van der Waals surface area contributed by atoms with Gasteiger partial charge >= 0.3 is 0 Å². The largest absolute Gasteiger partial charge is 0.378 e. The molecule has 4 heterocycles. The lowest BCUT2D eigenvalue weighted by atomic mass is 9.95. The zero-order valence-corrected chi connectivity index (χ0v) is 18.8. The maximum atomic E-state index is 12.8. The Morgan fingerprint density at radius 3 is 2.71 bits per heavy atom. The molecule has 3 aromatic rings. The predicted octanol–water partition coefficient (Wildman–Crippen LogP) is 3.50. The summed E-state index contributed by atoms with van der Waals surface area (Å²) in [4.78, 5) is 21.1. The maximum Gasteiger partial charge on any atom is 0.243 e. The van der Waals surface area contributed by atoms with Gasteiger partial charge in [0.2, 0.25) is 5.91 Å². The number of aromatic nitrogens is 1. The van der Waals surface area contributed by atoms with Gasteiger partial charge in [-0.3, -0.25) is 4.79 Å². The van der Waals surface area contributed by atoms with E-state index in [0.717, 1.165) is 48.4 Å². The maximum absolute atomic E-state index is 12.8. The molecule has 5 rings (SSSR count). The van der Waals surface area contributed by atoms with Gasteiger partial charge in [0.1, 0.15) is 6.04 Å². The summed E-state index contributed by atoms with van der Waals surface area (Å²) < 4.78 is 5.42. The predicted molar refractivity (Wildman–Crippen MR) is 125 cm³/mol. The first-order chi connectivity index (χ1) is 15.2. The summed E-state index contributed by atoms with van der Waals surface area (Å²) >= 11 is 3.36. The number of thiazole rings is 1. The van der Waals surface area contributed by atoms with Gasteiger partial charge in [-0.1, -0.05) is 25.1 Å². The second-order valence-electron chi connectivity index (χ2n) is 7.80. The molecular weight excluding hydrogens is 430 g/mol. The molecule has 1 amide bonds. The van der Waals surface area contributed by atoms with Crippen molar-refractivity contribution in [2.45, 2.75) is 19.0 Å². The SMILES string of the molecule is CC1C(C(=O)Nc2ccc(-c3csc(N4CCOCC4)n3)cc2)NNC1c1cccs1. The molecule has 1 aromatic carbocycles. The van der Waals surface area contributed by atoms with E-state index in [1.165, 1.54) is 4.88 Å². The van der Waals surface area contributed by atoms with Crippen molar-refractivity contribution >= 4 is 39.4 Å². The van der Waals surface area contributed by atoms with E-state index in [4.69, 9.17) is 9.72 Å². The third-order valence-corrected chi connectivity index (χ3v) is 7.66. The minimum Gasteiger partial charge on any atom is -0.378 e. The van der Waals surface area contributed by atoms with Crippen LogP contribution in [0.1, 0.15) is 17.8 Å². The molecule has 0 bridgehead atoms. The summed E-state index contributed by atoms with van der Waals surface area (Å²) in [5.41, 5.74) is 9.21. The number of thiophene rings is 1. The highest BCUT2D eigenvalue weighted by atomic mass is 32.1. The highest BCUT2D eigenvalue weighted by Crippen LogP contribution is 2.32. The molecule has 162 valence electrons. The number of nitrogens with zero attached hydrogens (tertiary/aromatic N) is 2. The molecular formula is C22H25N5O2S2. The smallest absolute Gasteiger partial charge is 0.243 e. The van der Waals surface area contributed by atoms with Gasteiger partial charge in [0.05, 0.1) is 24.9 Å². The van der Waals surface area contributed by atoms with E-state index in [9.17, 15) is 4.79 Å². The molecule has 3 atom stereocenters. The van der Waals surface area contributed by atoms with Crippen molar-refractivity contribution in [2.75, 3.05) is 36.5 Å². The van der Waals surface area contributed by atoms with Gasteiger partial charge < -0.3 is 15.0 Å². The van der Waals surface area contributed by atoms with Crippen LogP contribution >= 0.6 is 22.7 Å². The summed E-state index contributed by atoms with van der Waals surface area (Å²) in [6, 6.07) is 11.9. The summed E-state index contributed by atoms with van der Waals surface area (Å²) in [5.74, 6) is 0.113. The minimum absolute atomic E-state index is 0.0323. The van der Waals surface area contributed by atoms with E-state index in [-0.39, 0.29) is 23.9 Å². The van der Waals surface area contributed by atoms with Crippen LogP contribution in [0.25, 0.3) is 11.3 Å². The number of nitrogens with one attached hydrogen (secondary N) is 3. The van der Waals surface area contributed by atoms with Gasteiger partial charge in [-0.15, -0.1) is 22.7 Å². The van der Waals surface area contributed by atoms with Crippen LogP contribution in [-0.4, -0.2) is 43.2 Å². The molecule has 2 aliphatic rings. The van der Waals surface area contributed by atoms with Crippen molar-refractivity contribution in [3.63, 3.8) is 0 Å². The number of hydrazine groups is 1. The Bertz CT molecular complexity index is 1010. The average molecular weight is 456 g/mol. The van der Waals surface area contributed by atoms with Crippen LogP contribution in [0.5, 0.6) is 0 Å². The molecule has 2 fully saturated rings. The lowest BCUT2D eigenvalue weighted by Crippen LogP contribution is -2.41. The molecule has 0 radical (unpaired) electrons. The Morgan fingerprint density at radius 1 is 1.16 bits per heavy atom. The number of amides is 1. The van der Waals surface area contributed by atoms with Crippen LogP contribution in [0.15, 0.2) is 47.2 Å². The zero-order valence-electron chi connectivity index (χ0n) is 17.2. The normalized spacial score (nSPS) is 23.8. The first kappa shape index (κ1) is 20.6. The Morgan fingerprint density at radius 2 is 1.97 bits per heavy atom. The van der Waals surface area contributed by atoms with Gasteiger partial charge in [0.25, 0.3) is 0 Å². The second kappa shape index (κ2) is 9.05. The van der Waals surface area contributed by atoms with Crippen LogP contribution in [0, 0.1) is 5.92 Å². The third-order valence-electron chi connectivity index (χ3n) is 5.80. The number of carbonyl (C=O) groups excluding carboxylic acids is 1. The number of rotatable bonds is 5. The summed E-state index contributed by atoms with van der Waals surface area (Å²) in [6.45, 7) is 5.36. The highest BCUT2D eigenvalue weighted by Gasteiger charge is 2.38. The molecule has 0 aliphatic carbocycles. The number of hydrogen-bond donors (Lipinski definition) is 3. The van der Waals surface area contributed by atoms with E-state index < -0.39 is 0 Å². The second-order valence-corrected chi connectivity index (χ2v) is 9.62. The molecule has 0 spiro atoms. The van der Waals surface area contributed by atoms with Crippen molar-refractivity contribution in [3.05, 3.63) is 52.0 Å². The lowest BCUT2D eigenvalue weighted by molar-refractivity contribution is -0.118. The van der Waals surface area contributed by atoms with Crippen molar-refractivity contribution in [3.8, 4) is 11.3 Å². The van der Waals surface area contributed by atoms with Crippen molar-refractivity contribution in [1.82, 2.24) is 15.8 Å². The molecule has 0 saturated carbocycles. The monoisotopic (exact) mass is 455 g/mol. The van der Waals surface area contributed by atoms with E-state index in [0.29, 0.717) is 0 Å². The standard InChI is InChI=1S/C22H25N5O2S2/c1-14-19(18-3-2-12-30-18)25-26-20(14)21(28)23-16-6-4-15(5-7-16)17-13-31-22(24-17)27-8-10-29-11-9-27/h2-7,12-14,19-20,25-26H,8-11H2,1H3,(H,23,28). The molecule has 7 nitrogen and oxygen atoms in total. The van der Waals surface area contributed by atoms with Crippen LogP contribution in [0.3, 0.4) is 0 Å². The molecule has 2 aromatic heterocycles. The molecule has 3 unspecified atom stereocenters. The summed E-state index contributed by atoms with van der Waals surface area (Å²) in [7, 11) is 0. The lowest BCUT2D eigenvalue weighted by Gasteiger charge is -2.26. The molecule has 3 N–H and O–H groups in total. The number of ether oxygens (including phenoxy) is 1. The number of anilines is 2. The van der Waals surface area contributed by atoms with Gasteiger partial charge in [0.15, 0.2) is 5.13 Å². The Labute approximate surface area is 189 Å². The Balaban J connectivity index is 1.22. The van der Waals surface area contributed by atoms with Crippen LogP contribution in [-0.2, 0) is 9.53 Å². The third kappa shape index (κ3) is 4.37. The summed E-state index contributed by atoms with van der Waals surface area (Å²) in [5, 5.41) is 8.21. The first-order valence-electron chi connectivity index (χ1n) is 10.4.